The van der Waals surface area contributed by atoms with E-state index in [1.807, 2.05) is 0 Å². The second-order valence-corrected chi connectivity index (χ2v) is 2.73. The van der Waals surface area contributed by atoms with Crippen LogP contribution in [0.3, 0.4) is 0 Å². The lowest BCUT2D eigenvalue weighted by molar-refractivity contribution is 0.380. The van der Waals surface area contributed by atoms with Gasteiger partial charge < -0.3 is 18.5 Å². The molecule has 0 amide bonds. The maximum absolute atomic E-state index is 8.74. The van der Waals surface area contributed by atoms with Crippen LogP contribution in [-0.2, 0) is 33.1 Å². The molecule has 13 nitrogen and oxygen atoms in total. The van der Waals surface area contributed by atoms with Crippen LogP contribution in [0.25, 0.3) is 0 Å². The Balaban J connectivity index is -0.0000000216. The van der Waals surface area contributed by atoms with Crippen molar-refractivity contribution in [1.82, 2.24) is 18.5 Å². The van der Waals surface area contributed by atoms with Crippen molar-refractivity contribution in [2.24, 2.45) is 0 Å². The van der Waals surface area contributed by atoms with Crippen LogP contribution in [0, 0.1) is 0 Å². The predicted molar refractivity (Wildman–Crippen MR) is 56.0 cm³/mol. The van der Waals surface area contributed by atoms with E-state index in [0.29, 0.717) is 0 Å². The van der Waals surface area contributed by atoms with E-state index in [2.05, 4.69) is 0 Å². The summed E-state index contributed by atoms with van der Waals surface area (Å²) in [5.74, 6) is 0. The molecule has 0 aromatic carbocycles. The second-order valence-electron chi connectivity index (χ2n) is 0.909. The van der Waals surface area contributed by atoms with Crippen molar-refractivity contribution in [2.45, 2.75) is 0 Å². The van der Waals surface area contributed by atoms with Gasteiger partial charge in [0.1, 0.15) is 0 Å². The van der Waals surface area contributed by atoms with E-state index < -0.39 is 33.1 Å². The Morgan fingerprint density at radius 3 is 0.688 bits per heavy atom. The van der Waals surface area contributed by atoms with Crippen molar-refractivity contribution in [1.29, 1.82) is 0 Å². The van der Waals surface area contributed by atoms with Gasteiger partial charge in [-0.05, 0) is 0 Å². The van der Waals surface area contributed by atoms with Gasteiger partial charge in [-0.2, -0.15) is 16.8 Å². The molecule has 0 aliphatic carbocycles. The molecule has 0 aliphatic heterocycles. The molecule has 0 bridgehead atoms. The first-order valence-corrected chi connectivity index (χ1v) is 5.29. The summed E-state index contributed by atoms with van der Waals surface area (Å²) in [5, 5.41) is 0. The van der Waals surface area contributed by atoms with Crippen molar-refractivity contribution < 1.29 is 44.2 Å². The Morgan fingerprint density at radius 2 is 0.688 bits per heavy atom. The highest BCUT2D eigenvalue weighted by Gasteiger charge is 1.84. The van der Waals surface area contributed by atoms with Gasteiger partial charge in [0, 0.05) is 0 Å². The molecule has 0 saturated heterocycles. The Hall–Kier alpha value is -0.110. The smallest absolute Gasteiger partial charge is 0.344 e. The Labute approximate surface area is 96.2 Å². The van der Waals surface area contributed by atoms with E-state index >= 15 is 0 Å². The quantitative estimate of drug-likeness (QED) is 0.195. The molecule has 16 heavy (non-hydrogen) atoms. The molecular weight excluding hydrogens is 298 g/mol. The predicted octanol–water partition coefficient (Wildman–Crippen LogP) is -0.805. The van der Waals surface area contributed by atoms with Crippen LogP contribution in [0.15, 0.2) is 0 Å². The van der Waals surface area contributed by atoms with Gasteiger partial charge >= 0.3 is 10.4 Å². The topological polar surface area (TPSA) is 295 Å². The molecule has 16 heteroatoms. The molecule has 0 aromatic rings. The highest BCUT2D eigenvalue weighted by molar-refractivity contribution is 7.79. The zero-order valence-corrected chi connectivity index (χ0v) is 10.1. The SMILES string of the molecule is N.N.N.O=S(=O)(O)O.O=S(O)O.O=S(O)O. The summed E-state index contributed by atoms with van der Waals surface area (Å²) in [6.07, 6.45) is 0. The summed E-state index contributed by atoms with van der Waals surface area (Å²) in [6.45, 7) is 0. The van der Waals surface area contributed by atoms with Gasteiger partial charge in [-0.1, -0.05) is 0 Å². The van der Waals surface area contributed by atoms with E-state index in [4.69, 9.17) is 44.2 Å². The van der Waals surface area contributed by atoms with Crippen molar-refractivity contribution in [3.8, 4) is 0 Å². The molecule has 0 aliphatic rings. The fourth-order valence-corrected chi connectivity index (χ4v) is 0. The third-order valence-electron chi connectivity index (χ3n) is 0. The largest absolute Gasteiger partial charge is 0.394 e. The van der Waals surface area contributed by atoms with Crippen LogP contribution in [0.4, 0.5) is 0 Å². The maximum atomic E-state index is 8.74. The summed E-state index contributed by atoms with van der Waals surface area (Å²) >= 11 is -5.22. The molecule has 108 valence electrons. The molecule has 0 radical (unpaired) electrons. The summed E-state index contributed by atoms with van der Waals surface area (Å²) in [4.78, 5) is 0. The van der Waals surface area contributed by atoms with Gasteiger partial charge in [0.05, 0.1) is 0 Å². The molecule has 0 atom stereocenters. The van der Waals surface area contributed by atoms with E-state index in [1.54, 1.807) is 0 Å². The third-order valence-corrected chi connectivity index (χ3v) is 0. The average Bonchev–Trinajstić information content (AvgIpc) is 1.50. The molecular formula is H15N3O10S3. The van der Waals surface area contributed by atoms with Crippen molar-refractivity contribution in [3.63, 3.8) is 0 Å². The summed E-state index contributed by atoms with van der Waals surface area (Å²) in [6, 6.07) is 0. The molecule has 0 rings (SSSR count). The zero-order chi connectivity index (χ0) is 11.7. The van der Waals surface area contributed by atoms with Crippen LogP contribution >= 0.6 is 0 Å². The van der Waals surface area contributed by atoms with Gasteiger partial charge in [-0.15, -0.1) is 0 Å². The van der Waals surface area contributed by atoms with Crippen LogP contribution < -0.4 is 18.5 Å². The van der Waals surface area contributed by atoms with Gasteiger partial charge in [0.25, 0.3) is 22.7 Å². The normalized spacial score (nSPS) is 8.00. The van der Waals surface area contributed by atoms with Crippen LogP contribution in [-0.4, -0.2) is 44.2 Å². The summed E-state index contributed by atoms with van der Waals surface area (Å²) in [5.41, 5.74) is 0. The fourth-order valence-electron chi connectivity index (χ4n) is 0. The molecule has 0 unspecified atom stereocenters. The first kappa shape index (κ1) is 36.0. The van der Waals surface area contributed by atoms with Gasteiger partial charge in [0.15, 0.2) is 0 Å². The minimum Gasteiger partial charge on any atom is -0.344 e. The standard InChI is InChI=1S/3H3N.H2O4S.2H2O3S/c;;;1-5(2,3)4;2*1-4(2)3/h3*1H3;(H2,1,2,3,4);2*(H2,1,2,3). The molecule has 0 fully saturated rings. The van der Waals surface area contributed by atoms with Crippen LogP contribution in [0.1, 0.15) is 0 Å². The van der Waals surface area contributed by atoms with Crippen LogP contribution in [0.2, 0.25) is 0 Å². The lowest BCUT2D eigenvalue weighted by Gasteiger charge is -1.68. The van der Waals surface area contributed by atoms with Crippen molar-refractivity contribution in [3.05, 3.63) is 0 Å². The van der Waals surface area contributed by atoms with Gasteiger partial charge in [0.2, 0.25) is 0 Å². The van der Waals surface area contributed by atoms with E-state index in [-0.39, 0.29) is 18.5 Å². The lowest BCUT2D eigenvalue weighted by atomic mass is 14.0. The van der Waals surface area contributed by atoms with E-state index in [1.165, 1.54) is 0 Å². The van der Waals surface area contributed by atoms with Crippen molar-refractivity contribution >= 4 is 33.1 Å². The van der Waals surface area contributed by atoms with E-state index in [9.17, 15) is 0 Å². The fraction of sp³-hybridized carbons (Fsp3) is 0. The van der Waals surface area contributed by atoms with Gasteiger partial charge in [-0.25, -0.2) is 0 Å². The number of hydrogen-bond acceptors (Lipinski definition) is 7. The first-order valence-electron chi connectivity index (χ1n) is 1.76. The number of rotatable bonds is 0. The van der Waals surface area contributed by atoms with Crippen molar-refractivity contribution in [2.75, 3.05) is 0 Å². The average molecular weight is 313 g/mol. The molecule has 0 heterocycles. The highest BCUT2D eigenvalue weighted by Crippen LogP contribution is 1.59. The van der Waals surface area contributed by atoms with Gasteiger partial charge in [-0.3, -0.25) is 27.3 Å². The second kappa shape index (κ2) is 20.3. The molecule has 0 saturated carbocycles. The Morgan fingerprint density at radius 1 is 0.688 bits per heavy atom. The minimum absolute atomic E-state index is 0. The number of hydrogen-bond donors (Lipinski definition) is 9. The molecule has 15 N–H and O–H groups in total. The zero-order valence-electron chi connectivity index (χ0n) is 7.66. The molecule has 0 aromatic heterocycles. The summed E-state index contributed by atoms with van der Waals surface area (Å²) in [7, 11) is -4.67. The highest BCUT2D eigenvalue weighted by atomic mass is 32.3. The Kier molecular flexibility index (Phi) is 45.7. The van der Waals surface area contributed by atoms with Crippen LogP contribution in [0.5, 0.6) is 0 Å². The monoisotopic (exact) mass is 313 g/mol. The lowest BCUT2D eigenvalue weighted by Crippen LogP contribution is -1.89. The Bertz CT molecular complexity index is 216. The first-order chi connectivity index (χ1) is 5.46. The van der Waals surface area contributed by atoms with E-state index in [0.717, 1.165) is 0 Å². The molecule has 0 spiro atoms. The summed E-state index contributed by atoms with van der Waals surface area (Å²) < 4.78 is 77.2. The minimum atomic E-state index is -4.67. The third kappa shape index (κ3) is 191000. The maximum Gasteiger partial charge on any atom is 0.394 e.